The Hall–Kier alpha value is -1.01. The molecule has 0 aromatic carbocycles. The Morgan fingerprint density at radius 1 is 1.50 bits per heavy atom. The molecule has 3 rings (SSSR count). The lowest BCUT2D eigenvalue weighted by Gasteiger charge is -2.35. The van der Waals surface area contributed by atoms with E-state index in [4.69, 9.17) is 4.74 Å². The molecule has 1 aromatic rings. The smallest absolute Gasteiger partial charge is 0.330 e. The van der Waals surface area contributed by atoms with Crippen LogP contribution in [0.4, 0.5) is 0 Å². The van der Waals surface area contributed by atoms with E-state index >= 15 is 0 Å². The fraction of sp³-hybridized carbons (Fsp3) is 0.714. The first-order valence-corrected chi connectivity index (χ1v) is 8.03. The van der Waals surface area contributed by atoms with Crippen LogP contribution < -0.4 is 11.2 Å². The molecule has 20 heavy (non-hydrogen) atoms. The van der Waals surface area contributed by atoms with Crippen molar-refractivity contribution in [3.63, 3.8) is 0 Å². The van der Waals surface area contributed by atoms with Crippen LogP contribution >= 0.6 is 11.8 Å². The van der Waals surface area contributed by atoms with E-state index in [0.29, 0.717) is 17.4 Å². The second-order valence-electron chi connectivity index (χ2n) is 6.16. The topological polar surface area (TPSA) is 64.1 Å². The van der Waals surface area contributed by atoms with Gasteiger partial charge in [0.2, 0.25) is 0 Å². The maximum Gasteiger partial charge on any atom is 0.330 e. The van der Waals surface area contributed by atoms with Crippen LogP contribution in [0, 0.1) is 18.8 Å². The first-order valence-electron chi connectivity index (χ1n) is 6.98. The van der Waals surface area contributed by atoms with Crippen LogP contribution in [0.5, 0.6) is 0 Å². The summed E-state index contributed by atoms with van der Waals surface area (Å²) in [4.78, 5) is 25.9. The third kappa shape index (κ3) is 1.74. The lowest BCUT2D eigenvalue weighted by Crippen LogP contribution is -2.42. The van der Waals surface area contributed by atoms with E-state index in [1.807, 2.05) is 11.8 Å². The van der Waals surface area contributed by atoms with Gasteiger partial charge in [0.15, 0.2) is 6.23 Å². The van der Waals surface area contributed by atoms with Gasteiger partial charge in [-0.15, -0.1) is 0 Å². The standard InChI is InChI=1S/C14H20N2O3S/c1-7(2)14-6-20-10(9(14)4)12(19-14)16-5-8(3)11(17)15-13(16)18/h5,7,9-10,12H,6H2,1-4H3,(H,15,17,18)/t9-,10+,12+,14+/m0/s1. The van der Waals surface area contributed by atoms with Crippen molar-refractivity contribution in [2.45, 2.75) is 44.8 Å². The highest BCUT2D eigenvalue weighted by Crippen LogP contribution is 2.57. The molecule has 5 nitrogen and oxygen atoms in total. The van der Waals surface area contributed by atoms with Crippen LogP contribution in [0.25, 0.3) is 0 Å². The van der Waals surface area contributed by atoms with Gasteiger partial charge >= 0.3 is 5.69 Å². The van der Waals surface area contributed by atoms with Gasteiger partial charge in [-0.05, 0) is 12.8 Å². The summed E-state index contributed by atoms with van der Waals surface area (Å²) in [5, 5.41) is 0.264. The molecule has 2 bridgehead atoms. The fourth-order valence-electron chi connectivity index (χ4n) is 3.36. The molecule has 0 saturated carbocycles. The largest absolute Gasteiger partial charge is 0.349 e. The molecule has 0 radical (unpaired) electrons. The van der Waals surface area contributed by atoms with Crippen molar-refractivity contribution >= 4 is 11.8 Å². The molecule has 0 spiro atoms. The van der Waals surface area contributed by atoms with Crippen LogP contribution in [0.3, 0.4) is 0 Å². The van der Waals surface area contributed by atoms with Gasteiger partial charge in [0.25, 0.3) is 5.56 Å². The zero-order valence-corrected chi connectivity index (χ0v) is 13.0. The molecule has 0 unspecified atom stereocenters. The summed E-state index contributed by atoms with van der Waals surface area (Å²) in [5.41, 5.74) is -0.338. The number of aromatic amines is 1. The maximum absolute atomic E-state index is 12.1. The Morgan fingerprint density at radius 3 is 2.80 bits per heavy atom. The lowest BCUT2D eigenvalue weighted by molar-refractivity contribution is -0.0985. The zero-order chi connectivity index (χ0) is 14.7. The number of fused-ring (bicyclic) bond motifs is 2. The van der Waals surface area contributed by atoms with Crippen molar-refractivity contribution in [3.05, 3.63) is 32.6 Å². The molecule has 110 valence electrons. The van der Waals surface area contributed by atoms with Crippen molar-refractivity contribution < 1.29 is 4.74 Å². The van der Waals surface area contributed by atoms with Crippen molar-refractivity contribution in [3.8, 4) is 0 Å². The molecule has 1 aromatic heterocycles. The predicted molar refractivity (Wildman–Crippen MR) is 79.2 cm³/mol. The summed E-state index contributed by atoms with van der Waals surface area (Å²) < 4.78 is 7.85. The number of nitrogens with zero attached hydrogens (tertiary/aromatic N) is 1. The third-order valence-electron chi connectivity index (χ3n) is 4.78. The minimum atomic E-state index is -0.384. The van der Waals surface area contributed by atoms with E-state index in [0.717, 1.165) is 5.75 Å². The van der Waals surface area contributed by atoms with Gasteiger partial charge in [-0.25, -0.2) is 4.79 Å². The Balaban J connectivity index is 2.05. The maximum atomic E-state index is 12.1. The van der Waals surface area contributed by atoms with Crippen molar-refractivity contribution in [2.24, 2.45) is 11.8 Å². The third-order valence-corrected chi connectivity index (χ3v) is 6.43. The van der Waals surface area contributed by atoms with Crippen LogP contribution in [-0.4, -0.2) is 26.2 Å². The van der Waals surface area contributed by atoms with Gasteiger partial charge in [0.05, 0.1) is 10.9 Å². The second kappa shape index (κ2) is 4.49. The summed E-state index contributed by atoms with van der Waals surface area (Å²) >= 11 is 1.87. The van der Waals surface area contributed by atoms with Crippen molar-refractivity contribution in [1.82, 2.24) is 9.55 Å². The molecule has 3 heterocycles. The Bertz CT molecular complexity index is 651. The van der Waals surface area contributed by atoms with Gasteiger partial charge in [-0.1, -0.05) is 20.8 Å². The summed E-state index contributed by atoms with van der Waals surface area (Å²) in [6.45, 7) is 8.25. The average Bonchev–Trinajstić information content (AvgIpc) is 2.86. The molecule has 6 heteroatoms. The molecule has 0 aliphatic carbocycles. The summed E-state index contributed by atoms with van der Waals surface area (Å²) in [5.74, 6) is 1.78. The first kappa shape index (κ1) is 13.9. The molecule has 2 aliphatic heterocycles. The number of H-pyrrole nitrogens is 1. The number of nitrogens with one attached hydrogen (secondary N) is 1. The molecule has 1 N–H and O–H groups in total. The lowest BCUT2D eigenvalue weighted by atomic mass is 9.81. The quantitative estimate of drug-likeness (QED) is 0.899. The van der Waals surface area contributed by atoms with E-state index in [2.05, 4.69) is 25.8 Å². The minimum absolute atomic E-state index is 0.163. The molecular weight excluding hydrogens is 276 g/mol. The van der Waals surface area contributed by atoms with Crippen molar-refractivity contribution in [2.75, 3.05) is 5.75 Å². The molecular formula is C14H20N2O3S. The highest BCUT2D eigenvalue weighted by molar-refractivity contribution is 8.00. The fourth-order valence-corrected chi connectivity index (χ4v) is 5.35. The number of thioether (sulfide) groups is 1. The monoisotopic (exact) mass is 296 g/mol. The van der Waals surface area contributed by atoms with Crippen LogP contribution in [-0.2, 0) is 4.74 Å². The van der Waals surface area contributed by atoms with Gasteiger partial charge < -0.3 is 4.74 Å². The Kier molecular flexibility index (Phi) is 3.14. The number of aromatic nitrogens is 2. The second-order valence-corrected chi connectivity index (χ2v) is 7.33. The highest BCUT2D eigenvalue weighted by Gasteiger charge is 2.60. The average molecular weight is 296 g/mol. The summed E-state index contributed by atoms with van der Waals surface area (Å²) in [6.07, 6.45) is 1.34. The van der Waals surface area contributed by atoms with E-state index in [1.165, 1.54) is 0 Å². The van der Waals surface area contributed by atoms with Crippen molar-refractivity contribution in [1.29, 1.82) is 0 Å². The number of hydrogen-bond donors (Lipinski definition) is 1. The number of hydrogen-bond acceptors (Lipinski definition) is 4. The van der Waals surface area contributed by atoms with E-state index in [-0.39, 0.29) is 28.3 Å². The first-order chi connectivity index (χ1) is 9.36. The highest BCUT2D eigenvalue weighted by atomic mass is 32.2. The van der Waals surface area contributed by atoms with Gasteiger partial charge in [0.1, 0.15) is 0 Å². The number of rotatable bonds is 2. The van der Waals surface area contributed by atoms with Gasteiger partial charge in [0, 0.05) is 23.4 Å². The molecule has 2 fully saturated rings. The van der Waals surface area contributed by atoms with Gasteiger partial charge in [-0.2, -0.15) is 11.8 Å². The van der Waals surface area contributed by atoms with E-state index < -0.39 is 0 Å². The predicted octanol–water partition coefficient (Wildman–Crippen LogP) is 1.52. The SMILES string of the molecule is Cc1cn([C@@H]2O[C@@]3(C(C)C)CS[C@@H]2[C@@H]3C)c(=O)[nH]c1=O. The van der Waals surface area contributed by atoms with E-state index in [9.17, 15) is 9.59 Å². The Morgan fingerprint density at radius 2 is 2.20 bits per heavy atom. The summed E-state index contributed by atoms with van der Waals surface area (Å²) in [7, 11) is 0. The van der Waals surface area contributed by atoms with Crippen LogP contribution in [0.15, 0.2) is 15.8 Å². The zero-order valence-electron chi connectivity index (χ0n) is 12.2. The van der Waals surface area contributed by atoms with Crippen LogP contribution in [0.2, 0.25) is 0 Å². The normalized spacial score (nSPS) is 36.0. The minimum Gasteiger partial charge on any atom is -0.349 e. The number of ether oxygens (including phenoxy) is 1. The van der Waals surface area contributed by atoms with Crippen LogP contribution in [0.1, 0.15) is 32.6 Å². The molecule has 2 saturated heterocycles. The molecule has 4 atom stereocenters. The molecule has 2 aliphatic rings. The molecule has 0 amide bonds. The van der Waals surface area contributed by atoms with E-state index in [1.54, 1.807) is 17.7 Å². The summed E-state index contributed by atoms with van der Waals surface area (Å²) in [6, 6.07) is 0. The Labute approximate surface area is 121 Å². The number of aryl methyl sites for hydroxylation is 1. The van der Waals surface area contributed by atoms with Gasteiger partial charge in [-0.3, -0.25) is 14.3 Å².